The second kappa shape index (κ2) is 8.05. The van der Waals surface area contributed by atoms with E-state index in [1.54, 1.807) is 37.4 Å². The van der Waals surface area contributed by atoms with Crippen LogP contribution in [0.4, 0.5) is 5.82 Å². The predicted molar refractivity (Wildman–Crippen MR) is 106 cm³/mol. The number of aryl methyl sites for hydroxylation is 1. The molecule has 148 valence electrons. The SMILES string of the molecule is Cn1nc(C(=O)NCCc2ccc3c(c2)OCO3)cc1NC(=O)c1ccccc1. The van der Waals surface area contributed by atoms with Crippen LogP contribution in [0.5, 0.6) is 11.5 Å². The maximum atomic E-state index is 12.4. The van der Waals surface area contributed by atoms with E-state index in [2.05, 4.69) is 15.7 Å². The molecule has 4 rings (SSSR count). The summed E-state index contributed by atoms with van der Waals surface area (Å²) in [4.78, 5) is 24.7. The maximum Gasteiger partial charge on any atom is 0.271 e. The number of ether oxygens (including phenoxy) is 2. The van der Waals surface area contributed by atoms with Crippen molar-refractivity contribution in [2.75, 3.05) is 18.7 Å². The number of amides is 2. The molecule has 0 radical (unpaired) electrons. The van der Waals surface area contributed by atoms with E-state index in [1.165, 1.54) is 4.68 Å². The Morgan fingerprint density at radius 1 is 1.03 bits per heavy atom. The summed E-state index contributed by atoms with van der Waals surface area (Å²) in [5.41, 5.74) is 1.80. The van der Waals surface area contributed by atoms with E-state index in [4.69, 9.17) is 9.47 Å². The molecule has 2 aromatic carbocycles. The number of benzene rings is 2. The minimum absolute atomic E-state index is 0.234. The number of rotatable bonds is 6. The number of carbonyl (C=O) groups excluding carboxylic acids is 2. The largest absolute Gasteiger partial charge is 0.454 e. The Labute approximate surface area is 167 Å². The van der Waals surface area contributed by atoms with E-state index < -0.39 is 0 Å². The normalized spacial score (nSPS) is 11.9. The number of aromatic nitrogens is 2. The van der Waals surface area contributed by atoms with Gasteiger partial charge < -0.3 is 20.1 Å². The molecule has 0 saturated carbocycles. The summed E-state index contributed by atoms with van der Waals surface area (Å²) >= 11 is 0. The van der Waals surface area contributed by atoms with Crippen LogP contribution >= 0.6 is 0 Å². The van der Waals surface area contributed by atoms with Gasteiger partial charge in [-0.05, 0) is 36.2 Å². The lowest BCUT2D eigenvalue weighted by Crippen LogP contribution is -2.26. The molecule has 29 heavy (non-hydrogen) atoms. The minimum Gasteiger partial charge on any atom is -0.454 e. The van der Waals surface area contributed by atoms with Crippen molar-refractivity contribution < 1.29 is 19.1 Å². The molecule has 3 aromatic rings. The highest BCUT2D eigenvalue weighted by molar-refractivity contribution is 6.04. The summed E-state index contributed by atoms with van der Waals surface area (Å²) in [5, 5.41) is 9.79. The number of nitrogens with one attached hydrogen (secondary N) is 2. The van der Waals surface area contributed by atoms with Gasteiger partial charge in [0.05, 0.1) is 0 Å². The van der Waals surface area contributed by atoms with Crippen LogP contribution < -0.4 is 20.1 Å². The van der Waals surface area contributed by atoms with Crippen LogP contribution in [0.15, 0.2) is 54.6 Å². The summed E-state index contributed by atoms with van der Waals surface area (Å²) in [5.74, 6) is 1.33. The highest BCUT2D eigenvalue weighted by Crippen LogP contribution is 2.32. The standard InChI is InChI=1S/C21H20N4O4/c1-25-19(23-20(26)15-5-3-2-4-6-15)12-16(24-25)21(27)22-10-9-14-7-8-17-18(11-14)29-13-28-17/h2-8,11-12H,9-10,13H2,1H3,(H,22,27)(H,23,26). The number of anilines is 1. The van der Waals surface area contributed by atoms with Crippen molar-refractivity contribution in [2.45, 2.75) is 6.42 Å². The quantitative estimate of drug-likeness (QED) is 0.672. The van der Waals surface area contributed by atoms with Crippen molar-refractivity contribution in [3.63, 3.8) is 0 Å². The second-order valence-corrected chi connectivity index (χ2v) is 6.55. The Kier molecular flexibility index (Phi) is 5.15. The molecule has 0 atom stereocenters. The van der Waals surface area contributed by atoms with Gasteiger partial charge in [0.1, 0.15) is 5.82 Å². The third-order valence-electron chi connectivity index (χ3n) is 4.53. The molecule has 0 spiro atoms. The van der Waals surface area contributed by atoms with Crippen molar-refractivity contribution in [2.24, 2.45) is 7.05 Å². The lowest BCUT2D eigenvalue weighted by Gasteiger charge is -2.04. The van der Waals surface area contributed by atoms with Gasteiger partial charge in [-0.25, -0.2) is 0 Å². The molecule has 0 bridgehead atoms. The molecule has 0 aliphatic carbocycles. The Morgan fingerprint density at radius 2 is 1.83 bits per heavy atom. The first kappa shape index (κ1) is 18.5. The molecule has 1 aliphatic heterocycles. The van der Waals surface area contributed by atoms with Gasteiger partial charge >= 0.3 is 0 Å². The van der Waals surface area contributed by atoms with Crippen molar-refractivity contribution in [3.05, 3.63) is 71.4 Å². The Hall–Kier alpha value is -3.81. The fraction of sp³-hybridized carbons (Fsp3) is 0.190. The highest BCUT2D eigenvalue weighted by atomic mass is 16.7. The molecule has 0 unspecified atom stereocenters. The molecular formula is C21H20N4O4. The summed E-state index contributed by atoms with van der Waals surface area (Å²) in [6.07, 6.45) is 0.646. The second-order valence-electron chi connectivity index (χ2n) is 6.55. The van der Waals surface area contributed by atoms with Gasteiger partial charge in [-0.2, -0.15) is 5.10 Å². The van der Waals surface area contributed by atoms with Gasteiger partial charge in [-0.3, -0.25) is 14.3 Å². The van der Waals surface area contributed by atoms with Crippen LogP contribution in [0.2, 0.25) is 0 Å². The summed E-state index contributed by atoms with van der Waals surface area (Å²) < 4.78 is 12.1. The molecular weight excluding hydrogens is 372 g/mol. The zero-order valence-electron chi connectivity index (χ0n) is 15.8. The molecule has 0 saturated heterocycles. The first-order valence-electron chi connectivity index (χ1n) is 9.17. The summed E-state index contributed by atoms with van der Waals surface area (Å²) in [7, 11) is 1.67. The van der Waals surface area contributed by atoms with Crippen LogP contribution in [-0.2, 0) is 13.5 Å². The van der Waals surface area contributed by atoms with Gasteiger partial charge in [0.2, 0.25) is 6.79 Å². The maximum absolute atomic E-state index is 12.4. The Bertz CT molecular complexity index is 1050. The van der Waals surface area contributed by atoms with E-state index in [-0.39, 0.29) is 24.3 Å². The van der Waals surface area contributed by atoms with Crippen molar-refractivity contribution >= 4 is 17.6 Å². The van der Waals surface area contributed by atoms with Gasteiger partial charge in [-0.15, -0.1) is 0 Å². The van der Waals surface area contributed by atoms with Crippen LogP contribution in [-0.4, -0.2) is 34.9 Å². The lowest BCUT2D eigenvalue weighted by molar-refractivity contribution is 0.0947. The van der Waals surface area contributed by atoms with Crippen LogP contribution in [0.1, 0.15) is 26.4 Å². The van der Waals surface area contributed by atoms with Crippen LogP contribution in [0.25, 0.3) is 0 Å². The van der Waals surface area contributed by atoms with Gasteiger partial charge in [0, 0.05) is 25.2 Å². The first-order chi connectivity index (χ1) is 14.1. The minimum atomic E-state index is -0.304. The topological polar surface area (TPSA) is 94.5 Å². The first-order valence-corrected chi connectivity index (χ1v) is 9.17. The van der Waals surface area contributed by atoms with Crippen LogP contribution in [0.3, 0.4) is 0 Å². The number of carbonyl (C=O) groups is 2. The fourth-order valence-corrected chi connectivity index (χ4v) is 2.98. The molecule has 0 fully saturated rings. The molecule has 1 aromatic heterocycles. The Morgan fingerprint density at radius 3 is 2.66 bits per heavy atom. The van der Waals surface area contributed by atoms with E-state index in [0.29, 0.717) is 24.3 Å². The zero-order chi connectivity index (χ0) is 20.2. The Balaban J connectivity index is 1.33. The number of hydrogen-bond donors (Lipinski definition) is 2. The highest BCUT2D eigenvalue weighted by Gasteiger charge is 2.16. The van der Waals surface area contributed by atoms with Gasteiger partial charge in [0.15, 0.2) is 17.2 Å². The molecule has 2 amide bonds. The average Bonchev–Trinajstić information content (AvgIpc) is 3.35. The van der Waals surface area contributed by atoms with Crippen LogP contribution in [0, 0.1) is 0 Å². The molecule has 8 nitrogen and oxygen atoms in total. The number of hydrogen-bond acceptors (Lipinski definition) is 5. The average molecular weight is 392 g/mol. The summed E-state index contributed by atoms with van der Waals surface area (Å²) in [6, 6.07) is 16.1. The zero-order valence-corrected chi connectivity index (χ0v) is 15.8. The van der Waals surface area contributed by atoms with Crippen molar-refractivity contribution in [3.8, 4) is 11.5 Å². The fourth-order valence-electron chi connectivity index (χ4n) is 2.98. The lowest BCUT2D eigenvalue weighted by atomic mass is 10.1. The summed E-state index contributed by atoms with van der Waals surface area (Å²) in [6.45, 7) is 0.680. The third-order valence-corrected chi connectivity index (χ3v) is 4.53. The van der Waals surface area contributed by atoms with E-state index in [9.17, 15) is 9.59 Å². The third kappa shape index (κ3) is 4.21. The van der Waals surface area contributed by atoms with Crippen molar-refractivity contribution in [1.29, 1.82) is 0 Å². The molecule has 2 N–H and O–H groups in total. The van der Waals surface area contributed by atoms with E-state index in [0.717, 1.165) is 17.1 Å². The predicted octanol–water partition coefficient (Wildman–Crippen LogP) is 2.37. The number of nitrogens with zero attached hydrogens (tertiary/aromatic N) is 2. The smallest absolute Gasteiger partial charge is 0.271 e. The number of fused-ring (bicyclic) bond motifs is 1. The molecule has 2 heterocycles. The van der Waals surface area contributed by atoms with Gasteiger partial charge in [-0.1, -0.05) is 24.3 Å². The molecule has 1 aliphatic rings. The van der Waals surface area contributed by atoms with E-state index >= 15 is 0 Å². The van der Waals surface area contributed by atoms with Crippen molar-refractivity contribution in [1.82, 2.24) is 15.1 Å². The van der Waals surface area contributed by atoms with Gasteiger partial charge in [0.25, 0.3) is 11.8 Å². The van der Waals surface area contributed by atoms with E-state index in [1.807, 2.05) is 24.3 Å². The molecule has 8 heteroatoms. The monoisotopic (exact) mass is 392 g/mol.